The molecule has 0 saturated heterocycles. The van der Waals surface area contributed by atoms with Crippen LogP contribution in [0.25, 0.3) is 0 Å². The highest BCUT2D eigenvalue weighted by Crippen LogP contribution is 2.13. The van der Waals surface area contributed by atoms with Gasteiger partial charge in [0.1, 0.15) is 6.54 Å². The number of quaternary nitrogens is 1. The third-order valence-corrected chi connectivity index (χ3v) is 2.96. The van der Waals surface area contributed by atoms with Crippen LogP contribution in [0.5, 0.6) is 0 Å². The molecule has 0 aliphatic carbocycles. The van der Waals surface area contributed by atoms with E-state index >= 15 is 0 Å². The highest BCUT2D eigenvalue weighted by atomic mass is 15.3. The van der Waals surface area contributed by atoms with Gasteiger partial charge < -0.3 is 5.73 Å². The molecule has 0 aliphatic rings. The molecule has 3 N–H and O–H groups in total. The standard InChI is InChI=1S/C13H17N3/c1-10-13(8-14)11(2)16(15-10)9-12-6-4-3-5-7-12/h3-7H,8-9,14H2,1-2H3/p+1. The van der Waals surface area contributed by atoms with Crippen molar-refractivity contribution in [2.45, 2.75) is 26.9 Å². The normalized spacial score (nSPS) is 10.7. The van der Waals surface area contributed by atoms with Crippen LogP contribution in [0.15, 0.2) is 30.3 Å². The fourth-order valence-electron chi connectivity index (χ4n) is 2.01. The maximum absolute atomic E-state index is 4.55. The topological polar surface area (TPSA) is 45.5 Å². The fraction of sp³-hybridized carbons (Fsp3) is 0.308. The summed E-state index contributed by atoms with van der Waals surface area (Å²) in [6.45, 7) is 5.82. The Kier molecular flexibility index (Phi) is 3.06. The summed E-state index contributed by atoms with van der Waals surface area (Å²) in [5.74, 6) is 0. The van der Waals surface area contributed by atoms with E-state index in [9.17, 15) is 0 Å². The first-order chi connectivity index (χ1) is 7.72. The van der Waals surface area contributed by atoms with Gasteiger partial charge in [0.25, 0.3) is 0 Å². The molecule has 84 valence electrons. The molecule has 0 amide bonds. The largest absolute Gasteiger partial charge is 0.354 e. The zero-order valence-electron chi connectivity index (χ0n) is 9.90. The Balaban J connectivity index is 2.29. The smallest absolute Gasteiger partial charge is 0.103 e. The Hall–Kier alpha value is -1.61. The summed E-state index contributed by atoms with van der Waals surface area (Å²) >= 11 is 0. The quantitative estimate of drug-likeness (QED) is 0.825. The van der Waals surface area contributed by atoms with Gasteiger partial charge in [-0.25, -0.2) is 0 Å². The van der Waals surface area contributed by atoms with Gasteiger partial charge in [-0.15, -0.1) is 0 Å². The molecule has 2 rings (SSSR count). The molecule has 0 unspecified atom stereocenters. The summed E-state index contributed by atoms with van der Waals surface area (Å²) in [6, 6.07) is 10.4. The monoisotopic (exact) mass is 216 g/mol. The van der Waals surface area contributed by atoms with Gasteiger partial charge in [-0.3, -0.25) is 4.68 Å². The van der Waals surface area contributed by atoms with Crippen LogP contribution >= 0.6 is 0 Å². The lowest BCUT2D eigenvalue weighted by molar-refractivity contribution is -0.386. The predicted octanol–water partition coefficient (Wildman–Crippen LogP) is 1.29. The fourth-order valence-corrected chi connectivity index (χ4v) is 2.01. The van der Waals surface area contributed by atoms with E-state index in [4.69, 9.17) is 0 Å². The van der Waals surface area contributed by atoms with E-state index in [0.717, 1.165) is 18.8 Å². The number of aromatic nitrogens is 2. The molecular weight excluding hydrogens is 198 g/mol. The number of nitrogens with zero attached hydrogens (tertiary/aromatic N) is 2. The van der Waals surface area contributed by atoms with Crippen LogP contribution < -0.4 is 5.73 Å². The van der Waals surface area contributed by atoms with Crippen molar-refractivity contribution in [3.63, 3.8) is 0 Å². The van der Waals surface area contributed by atoms with Crippen molar-refractivity contribution in [2.75, 3.05) is 0 Å². The Morgan fingerprint density at radius 2 is 1.88 bits per heavy atom. The number of aryl methyl sites for hydroxylation is 1. The van der Waals surface area contributed by atoms with Crippen molar-refractivity contribution >= 4 is 0 Å². The van der Waals surface area contributed by atoms with E-state index < -0.39 is 0 Å². The van der Waals surface area contributed by atoms with E-state index in [0.29, 0.717) is 0 Å². The van der Waals surface area contributed by atoms with E-state index in [1.807, 2.05) is 6.07 Å². The Labute approximate surface area is 95.9 Å². The molecule has 0 spiro atoms. The molecule has 0 radical (unpaired) electrons. The highest BCUT2D eigenvalue weighted by molar-refractivity contribution is 5.24. The highest BCUT2D eigenvalue weighted by Gasteiger charge is 2.11. The molecule has 1 aromatic carbocycles. The maximum atomic E-state index is 4.55. The lowest BCUT2D eigenvalue weighted by Gasteiger charge is -2.04. The molecule has 0 bridgehead atoms. The minimum Gasteiger partial charge on any atom is -0.354 e. The lowest BCUT2D eigenvalue weighted by Crippen LogP contribution is -2.47. The van der Waals surface area contributed by atoms with Crippen LogP contribution in [-0.4, -0.2) is 9.78 Å². The van der Waals surface area contributed by atoms with Crippen LogP contribution in [0.1, 0.15) is 22.5 Å². The Bertz CT molecular complexity index is 471. The number of hydrogen-bond donors (Lipinski definition) is 1. The van der Waals surface area contributed by atoms with Crippen molar-refractivity contribution in [3.05, 3.63) is 52.8 Å². The van der Waals surface area contributed by atoms with Crippen LogP contribution in [0, 0.1) is 13.8 Å². The minimum absolute atomic E-state index is 0.812. The van der Waals surface area contributed by atoms with Gasteiger partial charge in [-0.05, 0) is 19.4 Å². The van der Waals surface area contributed by atoms with Crippen LogP contribution in [0.3, 0.4) is 0 Å². The SMILES string of the molecule is Cc1nn(Cc2ccccc2)c(C)c1C[NH3+]. The van der Waals surface area contributed by atoms with Gasteiger partial charge in [0.15, 0.2) is 0 Å². The van der Waals surface area contributed by atoms with E-state index in [1.165, 1.54) is 16.8 Å². The van der Waals surface area contributed by atoms with Crippen LogP contribution in [0.4, 0.5) is 0 Å². The van der Waals surface area contributed by atoms with Crippen molar-refractivity contribution in [3.8, 4) is 0 Å². The zero-order valence-corrected chi connectivity index (χ0v) is 9.90. The minimum atomic E-state index is 0.812. The third-order valence-electron chi connectivity index (χ3n) is 2.96. The molecule has 3 heteroatoms. The van der Waals surface area contributed by atoms with Crippen LogP contribution in [-0.2, 0) is 13.1 Å². The summed E-state index contributed by atoms with van der Waals surface area (Å²) in [5.41, 5.74) is 8.83. The summed E-state index contributed by atoms with van der Waals surface area (Å²) in [4.78, 5) is 0. The van der Waals surface area contributed by atoms with E-state index in [-0.39, 0.29) is 0 Å². The van der Waals surface area contributed by atoms with Gasteiger partial charge in [0.05, 0.1) is 12.2 Å². The van der Waals surface area contributed by atoms with Gasteiger partial charge in [-0.1, -0.05) is 30.3 Å². The summed E-state index contributed by atoms with van der Waals surface area (Å²) in [5, 5.41) is 4.55. The molecule has 16 heavy (non-hydrogen) atoms. The Morgan fingerprint density at radius 1 is 1.19 bits per heavy atom. The average Bonchev–Trinajstić information content (AvgIpc) is 2.55. The molecule has 0 atom stereocenters. The van der Waals surface area contributed by atoms with Gasteiger partial charge in [0.2, 0.25) is 0 Å². The van der Waals surface area contributed by atoms with Crippen molar-refractivity contribution < 1.29 is 5.73 Å². The molecule has 0 saturated carbocycles. The molecule has 0 fully saturated rings. The molecule has 3 nitrogen and oxygen atoms in total. The van der Waals surface area contributed by atoms with Gasteiger partial charge >= 0.3 is 0 Å². The second-order valence-electron chi connectivity index (χ2n) is 4.04. The number of hydrogen-bond acceptors (Lipinski definition) is 1. The molecule has 1 aromatic heterocycles. The molecular formula is C13H18N3+. The summed E-state index contributed by atoms with van der Waals surface area (Å²) in [6.07, 6.45) is 0. The average molecular weight is 216 g/mol. The predicted molar refractivity (Wildman–Crippen MR) is 63.8 cm³/mol. The Morgan fingerprint density at radius 3 is 2.44 bits per heavy atom. The van der Waals surface area contributed by atoms with Crippen molar-refractivity contribution in [2.24, 2.45) is 0 Å². The molecule has 0 aliphatic heterocycles. The van der Waals surface area contributed by atoms with Gasteiger partial charge in [0, 0.05) is 11.3 Å². The van der Waals surface area contributed by atoms with E-state index in [1.54, 1.807) is 0 Å². The third kappa shape index (κ3) is 1.99. The summed E-state index contributed by atoms with van der Waals surface area (Å²) in [7, 11) is 0. The van der Waals surface area contributed by atoms with Gasteiger partial charge in [-0.2, -0.15) is 5.10 Å². The lowest BCUT2D eigenvalue weighted by atomic mass is 10.2. The van der Waals surface area contributed by atoms with Crippen molar-refractivity contribution in [1.29, 1.82) is 0 Å². The number of benzene rings is 1. The maximum Gasteiger partial charge on any atom is 0.103 e. The second-order valence-corrected chi connectivity index (χ2v) is 4.04. The first-order valence-electron chi connectivity index (χ1n) is 5.58. The first kappa shape index (κ1) is 10.9. The summed E-state index contributed by atoms with van der Waals surface area (Å²) < 4.78 is 2.06. The first-order valence-corrected chi connectivity index (χ1v) is 5.58. The number of rotatable bonds is 3. The van der Waals surface area contributed by atoms with E-state index in [2.05, 4.69) is 53.6 Å². The second kappa shape index (κ2) is 4.49. The molecule has 2 aromatic rings. The molecule has 1 heterocycles. The van der Waals surface area contributed by atoms with Crippen molar-refractivity contribution in [1.82, 2.24) is 9.78 Å². The van der Waals surface area contributed by atoms with Crippen LogP contribution in [0.2, 0.25) is 0 Å². The zero-order chi connectivity index (χ0) is 11.5.